The largest absolute Gasteiger partial charge is 0.343 e. The molecule has 6 nitrogen and oxygen atoms in total. The maximum absolute atomic E-state index is 12.8. The highest BCUT2D eigenvalue weighted by molar-refractivity contribution is 7.99. The zero-order valence-corrected chi connectivity index (χ0v) is 17.0. The number of rotatable bonds is 4. The quantitative estimate of drug-likeness (QED) is 0.723. The molecule has 4 heterocycles. The molecule has 8 heteroatoms. The molecule has 27 heavy (non-hydrogen) atoms. The van der Waals surface area contributed by atoms with E-state index in [-0.39, 0.29) is 4.90 Å². The molecule has 1 saturated heterocycles. The van der Waals surface area contributed by atoms with Crippen molar-refractivity contribution in [2.24, 2.45) is 0 Å². The summed E-state index contributed by atoms with van der Waals surface area (Å²) in [5.41, 5.74) is 3.62. The molecule has 0 saturated carbocycles. The molecular formula is C19H22N4O2S2. The summed E-state index contributed by atoms with van der Waals surface area (Å²) in [6.45, 7) is 5.37. The van der Waals surface area contributed by atoms with Crippen molar-refractivity contribution in [2.75, 3.05) is 24.6 Å². The van der Waals surface area contributed by atoms with Crippen LogP contribution in [0.5, 0.6) is 0 Å². The molecule has 0 aromatic carbocycles. The van der Waals surface area contributed by atoms with E-state index in [0.29, 0.717) is 19.0 Å². The van der Waals surface area contributed by atoms with E-state index in [0.717, 1.165) is 39.5 Å². The standard InChI is InChI=1S/C19H22N4O2S2/c1-13(2)18-11-16-15(5-6-20-19(16)22-18)17-4-3-14(12-21-17)27(24,25)23-7-9-26-10-8-23/h3-6,11-13H,7-10H2,1-2H3,(H,20,22). The Morgan fingerprint density at radius 2 is 1.93 bits per heavy atom. The van der Waals surface area contributed by atoms with Gasteiger partial charge in [0, 0.05) is 53.6 Å². The molecular weight excluding hydrogens is 380 g/mol. The van der Waals surface area contributed by atoms with Crippen LogP contribution in [0.2, 0.25) is 0 Å². The Balaban J connectivity index is 1.69. The van der Waals surface area contributed by atoms with Crippen LogP contribution < -0.4 is 0 Å². The second kappa shape index (κ2) is 7.26. The van der Waals surface area contributed by atoms with Crippen LogP contribution >= 0.6 is 11.8 Å². The molecule has 0 atom stereocenters. The molecule has 0 spiro atoms. The molecule has 1 fully saturated rings. The van der Waals surface area contributed by atoms with Crippen LogP contribution in [0, 0.1) is 0 Å². The van der Waals surface area contributed by atoms with Crippen molar-refractivity contribution in [1.82, 2.24) is 19.3 Å². The normalized spacial score (nSPS) is 16.3. The van der Waals surface area contributed by atoms with Crippen molar-refractivity contribution in [1.29, 1.82) is 0 Å². The van der Waals surface area contributed by atoms with Gasteiger partial charge in [-0.2, -0.15) is 16.1 Å². The summed E-state index contributed by atoms with van der Waals surface area (Å²) >= 11 is 1.78. The number of H-pyrrole nitrogens is 1. The van der Waals surface area contributed by atoms with Crippen molar-refractivity contribution in [3.63, 3.8) is 0 Å². The van der Waals surface area contributed by atoms with Gasteiger partial charge in [-0.05, 0) is 30.2 Å². The summed E-state index contributed by atoms with van der Waals surface area (Å²) in [6, 6.07) is 7.45. The average molecular weight is 403 g/mol. The number of hydrogen-bond donors (Lipinski definition) is 1. The van der Waals surface area contributed by atoms with E-state index in [2.05, 4.69) is 34.9 Å². The summed E-state index contributed by atoms with van der Waals surface area (Å²) in [7, 11) is -3.47. The smallest absolute Gasteiger partial charge is 0.244 e. The Hall–Kier alpha value is -1.90. The van der Waals surface area contributed by atoms with Crippen LogP contribution in [0.3, 0.4) is 0 Å². The number of fused-ring (bicyclic) bond motifs is 1. The third kappa shape index (κ3) is 3.49. The first-order chi connectivity index (χ1) is 13.0. The number of sulfonamides is 1. The van der Waals surface area contributed by atoms with Crippen LogP contribution in [0.1, 0.15) is 25.5 Å². The monoisotopic (exact) mass is 402 g/mol. The first-order valence-corrected chi connectivity index (χ1v) is 11.6. The average Bonchev–Trinajstić information content (AvgIpc) is 3.13. The lowest BCUT2D eigenvalue weighted by atomic mass is 10.1. The van der Waals surface area contributed by atoms with Gasteiger partial charge in [0.1, 0.15) is 10.5 Å². The van der Waals surface area contributed by atoms with Gasteiger partial charge in [-0.15, -0.1) is 0 Å². The number of nitrogens with one attached hydrogen (secondary N) is 1. The Bertz CT molecular complexity index is 1050. The van der Waals surface area contributed by atoms with Crippen molar-refractivity contribution in [3.8, 4) is 11.3 Å². The van der Waals surface area contributed by atoms with Crippen LogP contribution in [-0.2, 0) is 10.0 Å². The van der Waals surface area contributed by atoms with Gasteiger partial charge in [0.25, 0.3) is 0 Å². The number of pyridine rings is 2. The number of aromatic nitrogens is 3. The maximum Gasteiger partial charge on any atom is 0.244 e. The third-order valence-electron chi connectivity index (χ3n) is 4.79. The Morgan fingerprint density at radius 1 is 1.15 bits per heavy atom. The molecule has 0 radical (unpaired) electrons. The number of thioether (sulfide) groups is 1. The van der Waals surface area contributed by atoms with Crippen LogP contribution in [0.25, 0.3) is 22.3 Å². The van der Waals surface area contributed by atoms with Gasteiger partial charge in [0.15, 0.2) is 0 Å². The fourth-order valence-electron chi connectivity index (χ4n) is 3.21. The summed E-state index contributed by atoms with van der Waals surface area (Å²) in [4.78, 5) is 12.5. The molecule has 3 aromatic rings. The summed E-state index contributed by atoms with van der Waals surface area (Å²) in [6.07, 6.45) is 3.21. The topological polar surface area (TPSA) is 79.0 Å². The van der Waals surface area contributed by atoms with Crippen LogP contribution in [-0.4, -0.2) is 52.3 Å². The molecule has 0 aliphatic carbocycles. The molecule has 1 aliphatic rings. The number of hydrogen-bond acceptors (Lipinski definition) is 5. The van der Waals surface area contributed by atoms with Gasteiger partial charge in [0.2, 0.25) is 10.0 Å². The summed E-state index contributed by atoms with van der Waals surface area (Å²) in [5, 5.41) is 0.998. The number of nitrogens with zero attached hydrogens (tertiary/aromatic N) is 3. The fourth-order valence-corrected chi connectivity index (χ4v) is 5.73. The summed E-state index contributed by atoms with van der Waals surface area (Å²) < 4.78 is 27.1. The molecule has 1 N–H and O–H groups in total. The predicted octanol–water partition coefficient (Wildman–Crippen LogP) is 3.49. The van der Waals surface area contributed by atoms with Gasteiger partial charge >= 0.3 is 0 Å². The molecule has 1 aliphatic heterocycles. The van der Waals surface area contributed by atoms with E-state index in [4.69, 9.17) is 0 Å². The van der Waals surface area contributed by atoms with E-state index in [1.165, 1.54) is 6.20 Å². The molecule has 0 unspecified atom stereocenters. The van der Waals surface area contributed by atoms with Gasteiger partial charge in [-0.1, -0.05) is 13.8 Å². The fraction of sp³-hybridized carbons (Fsp3) is 0.368. The summed E-state index contributed by atoms with van der Waals surface area (Å²) in [5.74, 6) is 2.05. The van der Waals surface area contributed by atoms with Gasteiger partial charge in [-0.25, -0.2) is 13.4 Å². The van der Waals surface area contributed by atoms with Crippen molar-refractivity contribution in [2.45, 2.75) is 24.7 Å². The molecule has 142 valence electrons. The second-order valence-corrected chi connectivity index (χ2v) is 10.1. The lowest BCUT2D eigenvalue weighted by molar-refractivity contribution is 0.443. The zero-order valence-electron chi connectivity index (χ0n) is 15.3. The molecule has 3 aromatic heterocycles. The van der Waals surface area contributed by atoms with Crippen molar-refractivity contribution < 1.29 is 8.42 Å². The highest BCUT2D eigenvalue weighted by Gasteiger charge is 2.26. The van der Waals surface area contributed by atoms with Crippen LogP contribution in [0.4, 0.5) is 0 Å². The molecule has 0 amide bonds. The molecule has 4 rings (SSSR count). The van der Waals surface area contributed by atoms with E-state index in [1.54, 1.807) is 34.4 Å². The second-order valence-electron chi connectivity index (χ2n) is 6.90. The SMILES string of the molecule is CC(C)c1cc2c(-c3ccc(S(=O)(=O)N4CCSCC4)cn3)ccnc2[nH]1. The maximum atomic E-state index is 12.8. The van der Waals surface area contributed by atoms with Crippen LogP contribution in [0.15, 0.2) is 41.6 Å². The third-order valence-corrected chi connectivity index (χ3v) is 7.62. The Kier molecular flexibility index (Phi) is 4.96. The first-order valence-electron chi connectivity index (χ1n) is 8.99. The lowest BCUT2D eigenvalue weighted by Gasteiger charge is -2.25. The lowest BCUT2D eigenvalue weighted by Crippen LogP contribution is -2.37. The minimum Gasteiger partial charge on any atom is -0.343 e. The van der Waals surface area contributed by atoms with E-state index in [9.17, 15) is 8.42 Å². The minimum absolute atomic E-state index is 0.250. The Labute approximate surface area is 163 Å². The highest BCUT2D eigenvalue weighted by Crippen LogP contribution is 2.29. The van der Waals surface area contributed by atoms with E-state index < -0.39 is 10.0 Å². The van der Waals surface area contributed by atoms with Crippen molar-refractivity contribution in [3.05, 3.63) is 42.4 Å². The Morgan fingerprint density at radius 3 is 2.59 bits per heavy atom. The van der Waals surface area contributed by atoms with E-state index in [1.807, 2.05) is 6.07 Å². The predicted molar refractivity (Wildman–Crippen MR) is 109 cm³/mol. The molecule has 0 bridgehead atoms. The van der Waals surface area contributed by atoms with E-state index >= 15 is 0 Å². The van der Waals surface area contributed by atoms with Gasteiger partial charge < -0.3 is 4.98 Å². The van der Waals surface area contributed by atoms with Gasteiger partial charge in [0.05, 0.1) is 5.69 Å². The minimum atomic E-state index is -3.47. The highest BCUT2D eigenvalue weighted by atomic mass is 32.2. The first kappa shape index (κ1) is 18.5. The van der Waals surface area contributed by atoms with Gasteiger partial charge in [-0.3, -0.25) is 4.98 Å². The van der Waals surface area contributed by atoms with Crippen molar-refractivity contribution >= 4 is 32.8 Å². The number of aromatic amines is 1. The zero-order chi connectivity index (χ0) is 19.0.